The molecule has 4 rings (SSSR count). The minimum atomic E-state index is -1.08. The lowest BCUT2D eigenvalue weighted by molar-refractivity contribution is 0.0640. The first kappa shape index (κ1) is 25.9. The number of benzene rings is 2. The summed E-state index contributed by atoms with van der Waals surface area (Å²) in [5.74, 6) is 1.97. The van der Waals surface area contributed by atoms with Gasteiger partial charge in [0.1, 0.15) is 17.7 Å². The smallest absolute Gasteiger partial charge is 0.126 e. The van der Waals surface area contributed by atoms with Crippen LogP contribution in [0, 0.1) is 17.7 Å². The summed E-state index contributed by atoms with van der Waals surface area (Å²) < 4.78 is 33.7. The van der Waals surface area contributed by atoms with Crippen molar-refractivity contribution >= 4 is 22.7 Å². The number of rotatable bonds is 11. The Hall–Kier alpha value is -2.22. The summed E-state index contributed by atoms with van der Waals surface area (Å²) in [7, 11) is 1.61. The number of alkyl halides is 1. The van der Waals surface area contributed by atoms with Gasteiger partial charge in [-0.05, 0) is 110 Å². The minimum absolute atomic E-state index is 0.137. The van der Waals surface area contributed by atoms with Gasteiger partial charge in [0, 0.05) is 29.6 Å². The van der Waals surface area contributed by atoms with Crippen LogP contribution in [0.3, 0.4) is 0 Å². The number of halogens is 2. The fraction of sp³-hybridized carbons (Fsp3) is 0.464. The highest BCUT2D eigenvalue weighted by atomic mass is 32.2. The molecule has 0 amide bonds. The molecule has 0 unspecified atom stereocenters. The fourth-order valence-electron chi connectivity index (χ4n) is 5.02. The van der Waals surface area contributed by atoms with Crippen LogP contribution in [0.2, 0.25) is 0 Å². The van der Waals surface area contributed by atoms with E-state index >= 15 is 4.39 Å². The molecule has 1 N–H and O–H groups in total. The highest BCUT2D eigenvalue weighted by molar-refractivity contribution is 7.99. The first-order valence-electron chi connectivity index (χ1n) is 12.4. The molecule has 4 nitrogen and oxygen atoms in total. The summed E-state index contributed by atoms with van der Waals surface area (Å²) in [6, 6.07) is 13.9. The molecular formula is C28H34F2N2O2S. The van der Waals surface area contributed by atoms with E-state index in [0.29, 0.717) is 23.7 Å². The molecule has 0 spiro atoms. The largest absolute Gasteiger partial charge is 0.497 e. The molecule has 1 aliphatic heterocycles. The number of aromatic nitrogens is 1. The molecule has 35 heavy (non-hydrogen) atoms. The Bertz CT molecular complexity index is 1080. The molecule has 7 heteroatoms. The Morgan fingerprint density at radius 3 is 2.77 bits per heavy atom. The van der Waals surface area contributed by atoms with E-state index in [2.05, 4.69) is 9.88 Å². The van der Waals surface area contributed by atoms with Gasteiger partial charge < -0.3 is 14.7 Å². The number of hydrogen-bond acceptors (Lipinski definition) is 5. The monoisotopic (exact) mass is 500 g/mol. The Balaban J connectivity index is 1.25. The van der Waals surface area contributed by atoms with Gasteiger partial charge in [-0.3, -0.25) is 4.98 Å². The van der Waals surface area contributed by atoms with E-state index < -0.39 is 6.17 Å². The number of ether oxygens (including phenoxy) is 1. The van der Waals surface area contributed by atoms with E-state index in [1.165, 1.54) is 12.1 Å². The maximum Gasteiger partial charge on any atom is 0.126 e. The number of methoxy groups -OCH3 is 1. The molecule has 0 bridgehead atoms. The molecule has 188 valence electrons. The van der Waals surface area contributed by atoms with Gasteiger partial charge in [0.05, 0.1) is 12.6 Å². The van der Waals surface area contributed by atoms with E-state index in [-0.39, 0.29) is 18.3 Å². The Morgan fingerprint density at radius 1 is 1.17 bits per heavy atom. The molecule has 3 atom stereocenters. The lowest BCUT2D eigenvalue weighted by Gasteiger charge is -2.38. The van der Waals surface area contributed by atoms with Crippen LogP contribution in [0.1, 0.15) is 37.4 Å². The standard InChI is InChI=1S/C28H34F2N2O2S/c1-34-23-6-10-28-26(17-23)25(11-13-31-28)27(30)9-3-20-12-15-32(18-21(20)19-33)14-2-16-35-24-7-4-22(29)5-8-24/h4-8,10-11,13,17,20-21,27,33H,2-3,9,12,14-16,18-19H2,1H3/t20-,21-,27-/m1/s1. The fourth-order valence-corrected chi connectivity index (χ4v) is 5.86. The Morgan fingerprint density at radius 2 is 2.00 bits per heavy atom. The van der Waals surface area contributed by atoms with Crippen molar-refractivity contribution in [2.75, 3.05) is 39.1 Å². The van der Waals surface area contributed by atoms with Crippen molar-refractivity contribution in [3.8, 4) is 5.75 Å². The topological polar surface area (TPSA) is 45.6 Å². The number of likely N-dealkylation sites (tertiary alicyclic amines) is 1. The van der Waals surface area contributed by atoms with Crippen molar-refractivity contribution in [1.82, 2.24) is 9.88 Å². The van der Waals surface area contributed by atoms with Gasteiger partial charge in [0.15, 0.2) is 0 Å². The number of thioether (sulfide) groups is 1. The third-order valence-electron chi connectivity index (χ3n) is 7.02. The number of nitrogens with zero attached hydrogens (tertiary/aromatic N) is 2. The molecule has 0 saturated carbocycles. The van der Waals surface area contributed by atoms with Crippen LogP contribution < -0.4 is 4.74 Å². The molecular weight excluding hydrogens is 466 g/mol. The summed E-state index contributed by atoms with van der Waals surface area (Å²) in [6.07, 6.45) is 3.80. The molecule has 2 heterocycles. The summed E-state index contributed by atoms with van der Waals surface area (Å²) >= 11 is 1.74. The molecule has 0 radical (unpaired) electrons. The van der Waals surface area contributed by atoms with Gasteiger partial charge in [-0.25, -0.2) is 8.78 Å². The second-order valence-electron chi connectivity index (χ2n) is 9.28. The van der Waals surface area contributed by atoms with Gasteiger partial charge in [-0.15, -0.1) is 11.8 Å². The van der Waals surface area contributed by atoms with Gasteiger partial charge in [0.2, 0.25) is 0 Å². The van der Waals surface area contributed by atoms with Gasteiger partial charge in [0.25, 0.3) is 0 Å². The predicted molar refractivity (Wildman–Crippen MR) is 138 cm³/mol. The molecule has 2 aromatic carbocycles. The molecule has 3 aromatic rings. The maximum absolute atomic E-state index is 15.4. The van der Waals surface area contributed by atoms with Gasteiger partial charge in [-0.1, -0.05) is 0 Å². The van der Waals surface area contributed by atoms with Crippen molar-refractivity contribution in [2.45, 2.75) is 36.8 Å². The second kappa shape index (κ2) is 12.7. The molecule has 1 fully saturated rings. The summed E-state index contributed by atoms with van der Waals surface area (Å²) in [5.41, 5.74) is 1.43. The Labute approximate surface area is 210 Å². The highest BCUT2D eigenvalue weighted by Gasteiger charge is 2.29. The van der Waals surface area contributed by atoms with Crippen LogP contribution in [0.15, 0.2) is 59.6 Å². The zero-order valence-corrected chi connectivity index (χ0v) is 21.0. The normalized spacial score (nSPS) is 19.7. The molecule has 1 aliphatic rings. The average molecular weight is 501 g/mol. The Kier molecular flexibility index (Phi) is 9.35. The number of piperidine rings is 1. The van der Waals surface area contributed by atoms with E-state index in [1.807, 2.05) is 30.3 Å². The lowest BCUT2D eigenvalue weighted by atomic mass is 9.81. The summed E-state index contributed by atoms with van der Waals surface area (Å²) in [4.78, 5) is 7.85. The zero-order chi connectivity index (χ0) is 24.6. The third-order valence-corrected chi connectivity index (χ3v) is 8.12. The van der Waals surface area contributed by atoms with Crippen LogP contribution in [-0.2, 0) is 0 Å². The lowest BCUT2D eigenvalue weighted by Crippen LogP contribution is -2.42. The van der Waals surface area contributed by atoms with Gasteiger partial charge >= 0.3 is 0 Å². The van der Waals surface area contributed by atoms with E-state index in [4.69, 9.17) is 4.74 Å². The van der Waals surface area contributed by atoms with Crippen LogP contribution in [-0.4, -0.2) is 54.1 Å². The first-order chi connectivity index (χ1) is 17.1. The minimum Gasteiger partial charge on any atom is -0.497 e. The first-order valence-corrected chi connectivity index (χ1v) is 13.3. The molecule has 1 aromatic heterocycles. The zero-order valence-electron chi connectivity index (χ0n) is 20.2. The third kappa shape index (κ3) is 6.93. The number of pyridine rings is 1. The van der Waals surface area contributed by atoms with Crippen molar-refractivity contribution in [3.05, 3.63) is 66.1 Å². The number of aliphatic hydroxyl groups excluding tert-OH is 1. The summed E-state index contributed by atoms with van der Waals surface area (Å²) in [5, 5.41) is 10.8. The van der Waals surface area contributed by atoms with Crippen molar-refractivity contribution in [1.29, 1.82) is 0 Å². The SMILES string of the molecule is COc1ccc2nccc([C@H](F)CC[C@@H]3CCN(CCCSc4ccc(F)cc4)C[C@@H]3CO)c2c1. The second-order valence-corrected chi connectivity index (χ2v) is 10.4. The van der Waals surface area contributed by atoms with Crippen LogP contribution in [0.25, 0.3) is 10.9 Å². The van der Waals surface area contributed by atoms with E-state index in [9.17, 15) is 9.50 Å². The van der Waals surface area contributed by atoms with E-state index in [0.717, 1.165) is 60.4 Å². The van der Waals surface area contributed by atoms with Crippen LogP contribution in [0.4, 0.5) is 8.78 Å². The van der Waals surface area contributed by atoms with Crippen LogP contribution >= 0.6 is 11.8 Å². The number of fused-ring (bicyclic) bond motifs is 1. The average Bonchev–Trinajstić information content (AvgIpc) is 2.90. The van der Waals surface area contributed by atoms with Crippen LogP contribution in [0.5, 0.6) is 5.75 Å². The molecule has 0 aliphatic carbocycles. The highest BCUT2D eigenvalue weighted by Crippen LogP contribution is 2.35. The number of hydrogen-bond donors (Lipinski definition) is 1. The number of aliphatic hydroxyl groups is 1. The quantitative estimate of drug-likeness (QED) is 0.248. The molecule has 1 saturated heterocycles. The van der Waals surface area contributed by atoms with Crippen molar-refractivity contribution < 1.29 is 18.6 Å². The van der Waals surface area contributed by atoms with Crippen molar-refractivity contribution in [2.24, 2.45) is 11.8 Å². The van der Waals surface area contributed by atoms with Gasteiger partial charge in [-0.2, -0.15) is 0 Å². The maximum atomic E-state index is 15.4. The predicted octanol–water partition coefficient (Wildman–Crippen LogP) is 6.29. The van der Waals surface area contributed by atoms with Crippen molar-refractivity contribution in [3.63, 3.8) is 0 Å². The van der Waals surface area contributed by atoms with E-state index in [1.54, 1.807) is 31.1 Å². The summed E-state index contributed by atoms with van der Waals surface area (Å²) in [6.45, 7) is 2.95.